The third-order valence-electron chi connectivity index (χ3n) is 2.29. The van der Waals surface area contributed by atoms with Crippen LogP contribution in [0.15, 0.2) is 12.1 Å². The number of nitriles is 1. The summed E-state index contributed by atoms with van der Waals surface area (Å²) in [7, 11) is 1.17. The number of carbonyl (C=O) groups excluding carboxylic acids is 1. The molecule has 4 nitrogen and oxygen atoms in total. The second-order valence-electron chi connectivity index (χ2n) is 3.50. The van der Waals surface area contributed by atoms with Crippen molar-refractivity contribution in [1.82, 2.24) is 0 Å². The molecule has 0 saturated carbocycles. The van der Waals surface area contributed by atoms with Crippen molar-refractivity contribution < 1.29 is 23.0 Å². The van der Waals surface area contributed by atoms with Crippen LogP contribution in [0.2, 0.25) is 0 Å². The van der Waals surface area contributed by atoms with Gasteiger partial charge in [-0.1, -0.05) is 0 Å². The first kappa shape index (κ1) is 15.2. The lowest BCUT2D eigenvalue weighted by Gasteiger charge is -2.14. The molecule has 0 spiro atoms. The number of halogens is 3. The molecule has 0 atom stereocenters. The van der Waals surface area contributed by atoms with Crippen LogP contribution in [-0.4, -0.2) is 19.7 Å². The van der Waals surface area contributed by atoms with Gasteiger partial charge >= 0.3 is 12.6 Å². The van der Waals surface area contributed by atoms with Gasteiger partial charge in [0.15, 0.2) is 0 Å². The van der Waals surface area contributed by atoms with E-state index in [0.29, 0.717) is 0 Å². The smallest absolute Gasteiger partial charge is 0.387 e. The number of ether oxygens (including phenoxy) is 2. The van der Waals surface area contributed by atoms with Crippen LogP contribution >= 0.6 is 11.6 Å². The van der Waals surface area contributed by atoms with Gasteiger partial charge in [0.05, 0.1) is 31.0 Å². The van der Waals surface area contributed by atoms with Crippen LogP contribution in [-0.2, 0) is 21.8 Å². The second kappa shape index (κ2) is 6.90. The molecule has 0 radical (unpaired) electrons. The van der Waals surface area contributed by atoms with Crippen LogP contribution < -0.4 is 4.74 Å². The van der Waals surface area contributed by atoms with E-state index >= 15 is 0 Å². The molecule has 1 rings (SSSR count). The van der Waals surface area contributed by atoms with Crippen LogP contribution in [0.5, 0.6) is 5.75 Å². The lowest BCUT2D eigenvalue weighted by atomic mass is 10.0. The molecule has 0 unspecified atom stereocenters. The fourth-order valence-electron chi connectivity index (χ4n) is 1.52. The fourth-order valence-corrected chi connectivity index (χ4v) is 1.72. The Bertz CT molecular complexity index is 514. The second-order valence-corrected chi connectivity index (χ2v) is 3.77. The van der Waals surface area contributed by atoms with Crippen LogP contribution in [0.25, 0.3) is 0 Å². The van der Waals surface area contributed by atoms with Gasteiger partial charge in [-0.3, -0.25) is 4.79 Å². The van der Waals surface area contributed by atoms with E-state index < -0.39 is 12.6 Å². The fraction of sp³-hybridized carbons (Fsp3) is 0.333. The molecule has 0 bridgehead atoms. The third-order valence-corrected chi connectivity index (χ3v) is 2.57. The highest BCUT2D eigenvalue weighted by molar-refractivity contribution is 6.17. The van der Waals surface area contributed by atoms with E-state index in [1.54, 1.807) is 0 Å². The average molecular weight is 290 g/mol. The van der Waals surface area contributed by atoms with Gasteiger partial charge in [0, 0.05) is 11.1 Å². The molecule has 102 valence electrons. The first-order valence-electron chi connectivity index (χ1n) is 5.15. The van der Waals surface area contributed by atoms with Gasteiger partial charge in [-0.15, -0.1) is 11.6 Å². The van der Waals surface area contributed by atoms with Crippen LogP contribution in [0.4, 0.5) is 8.78 Å². The lowest BCUT2D eigenvalue weighted by Crippen LogP contribution is -2.11. The monoisotopic (exact) mass is 289 g/mol. The summed E-state index contributed by atoms with van der Waals surface area (Å²) in [6, 6.07) is 4.50. The van der Waals surface area contributed by atoms with Crippen LogP contribution in [0.1, 0.15) is 16.7 Å². The third kappa shape index (κ3) is 4.07. The zero-order valence-electron chi connectivity index (χ0n) is 9.95. The number of hydrogen-bond donors (Lipinski definition) is 0. The minimum atomic E-state index is -3.05. The predicted octanol–water partition coefficient (Wildman–Crippen LogP) is 2.61. The average Bonchev–Trinajstić information content (AvgIpc) is 2.39. The van der Waals surface area contributed by atoms with Gasteiger partial charge in [-0.2, -0.15) is 14.0 Å². The predicted molar refractivity (Wildman–Crippen MR) is 63.1 cm³/mol. The van der Waals surface area contributed by atoms with E-state index in [1.165, 1.54) is 19.2 Å². The minimum absolute atomic E-state index is 0.119. The van der Waals surface area contributed by atoms with E-state index in [4.69, 9.17) is 16.9 Å². The molecule has 0 aliphatic rings. The first-order valence-corrected chi connectivity index (χ1v) is 5.68. The highest BCUT2D eigenvalue weighted by atomic mass is 35.5. The van der Waals surface area contributed by atoms with Crippen molar-refractivity contribution in [1.29, 1.82) is 5.26 Å². The van der Waals surface area contributed by atoms with E-state index in [1.807, 2.05) is 6.07 Å². The molecule has 0 aliphatic carbocycles. The molecule has 7 heteroatoms. The number of rotatable bonds is 5. The van der Waals surface area contributed by atoms with Gasteiger partial charge in [-0.25, -0.2) is 0 Å². The normalized spacial score (nSPS) is 10.1. The molecule has 0 saturated heterocycles. The molecule has 0 fully saturated rings. The Morgan fingerprint density at radius 1 is 1.47 bits per heavy atom. The van der Waals surface area contributed by atoms with E-state index in [0.717, 1.165) is 0 Å². The Morgan fingerprint density at radius 3 is 2.58 bits per heavy atom. The van der Waals surface area contributed by atoms with Crippen molar-refractivity contribution in [3.63, 3.8) is 0 Å². The van der Waals surface area contributed by atoms with Crippen molar-refractivity contribution in [3.05, 3.63) is 28.8 Å². The van der Waals surface area contributed by atoms with Gasteiger partial charge in [0.1, 0.15) is 5.75 Å². The molecule has 0 heterocycles. The summed E-state index contributed by atoms with van der Waals surface area (Å²) in [4.78, 5) is 11.2. The maximum atomic E-state index is 12.4. The number of hydrogen-bond acceptors (Lipinski definition) is 4. The lowest BCUT2D eigenvalue weighted by molar-refractivity contribution is -0.139. The maximum Gasteiger partial charge on any atom is 0.387 e. The Labute approximate surface area is 113 Å². The van der Waals surface area contributed by atoms with E-state index in [-0.39, 0.29) is 34.7 Å². The van der Waals surface area contributed by atoms with Gasteiger partial charge in [0.2, 0.25) is 0 Å². The Hall–Kier alpha value is -1.87. The maximum absolute atomic E-state index is 12.4. The molecule has 0 N–H and O–H groups in total. The first-order chi connectivity index (χ1) is 9.01. The van der Waals surface area contributed by atoms with Crippen LogP contribution in [0, 0.1) is 11.3 Å². The van der Waals surface area contributed by atoms with Crippen molar-refractivity contribution in [2.24, 2.45) is 0 Å². The minimum Gasteiger partial charge on any atom is -0.469 e. The quantitative estimate of drug-likeness (QED) is 0.617. The summed E-state index contributed by atoms with van der Waals surface area (Å²) >= 11 is 5.64. The van der Waals surface area contributed by atoms with E-state index in [9.17, 15) is 13.6 Å². The molecule has 0 aromatic heterocycles. The molecular weight excluding hydrogens is 280 g/mol. The topological polar surface area (TPSA) is 59.3 Å². The zero-order chi connectivity index (χ0) is 14.4. The largest absolute Gasteiger partial charge is 0.469 e. The number of carbonyl (C=O) groups is 1. The summed E-state index contributed by atoms with van der Waals surface area (Å²) in [6.45, 7) is -3.05. The zero-order valence-corrected chi connectivity index (χ0v) is 10.7. The van der Waals surface area contributed by atoms with Gasteiger partial charge in [0.25, 0.3) is 0 Å². The summed E-state index contributed by atoms with van der Waals surface area (Å²) in [5, 5.41) is 8.85. The highest BCUT2D eigenvalue weighted by Gasteiger charge is 2.18. The molecule has 19 heavy (non-hydrogen) atoms. The highest BCUT2D eigenvalue weighted by Crippen LogP contribution is 2.29. The van der Waals surface area contributed by atoms with Crippen molar-refractivity contribution in [3.8, 4) is 11.8 Å². The standard InChI is InChI=1S/C12H10ClF2NO3/c1-18-10(17)4-8-2-7(6-16)3-9(5-13)11(8)19-12(14)15/h2-3,12H,4-5H2,1H3. The number of alkyl halides is 3. The van der Waals surface area contributed by atoms with E-state index in [2.05, 4.69) is 9.47 Å². The number of benzene rings is 1. The SMILES string of the molecule is COC(=O)Cc1cc(C#N)cc(CCl)c1OC(F)F. The summed E-state index contributed by atoms with van der Waals surface area (Å²) < 4.78 is 33.6. The number of esters is 1. The molecule has 0 aliphatic heterocycles. The molecule has 1 aromatic carbocycles. The Kier molecular flexibility index (Phi) is 5.52. The summed E-state index contributed by atoms with van der Waals surface area (Å²) in [5.41, 5.74) is 0.568. The molecule has 0 amide bonds. The molecule has 1 aromatic rings. The van der Waals surface area contributed by atoms with Gasteiger partial charge < -0.3 is 9.47 Å². The Balaban J connectivity index is 3.29. The Morgan fingerprint density at radius 2 is 2.11 bits per heavy atom. The van der Waals surface area contributed by atoms with Crippen molar-refractivity contribution >= 4 is 17.6 Å². The molecular formula is C12H10ClF2NO3. The van der Waals surface area contributed by atoms with Crippen molar-refractivity contribution in [2.75, 3.05) is 7.11 Å². The van der Waals surface area contributed by atoms with Crippen LogP contribution in [0.3, 0.4) is 0 Å². The van der Waals surface area contributed by atoms with Crippen molar-refractivity contribution in [2.45, 2.75) is 18.9 Å². The summed E-state index contributed by atoms with van der Waals surface area (Å²) in [5.74, 6) is -0.935. The summed E-state index contributed by atoms with van der Waals surface area (Å²) in [6.07, 6.45) is -0.280. The number of nitrogens with zero attached hydrogens (tertiary/aromatic N) is 1. The number of methoxy groups -OCH3 is 1. The van der Waals surface area contributed by atoms with Gasteiger partial charge in [-0.05, 0) is 12.1 Å².